The zero-order valence-electron chi connectivity index (χ0n) is 17.6. The van der Waals surface area contributed by atoms with Crippen molar-refractivity contribution in [2.45, 2.75) is 84.7 Å². The minimum Gasteiger partial charge on any atom is -0.351 e. The molecule has 3 fully saturated rings. The van der Waals surface area contributed by atoms with Crippen LogP contribution in [0.2, 0.25) is 0 Å². The molecule has 7 atom stereocenters. The zero-order valence-corrected chi connectivity index (χ0v) is 17.6. The van der Waals surface area contributed by atoms with Crippen molar-refractivity contribution in [1.29, 1.82) is 0 Å². The van der Waals surface area contributed by atoms with Crippen LogP contribution in [-0.2, 0) is 9.59 Å². The van der Waals surface area contributed by atoms with E-state index in [0.717, 1.165) is 19.3 Å². The second kappa shape index (κ2) is 6.09. The van der Waals surface area contributed by atoms with Crippen molar-refractivity contribution in [2.24, 2.45) is 34.5 Å². The number of nitrogens with one attached hydrogen (secondary N) is 2. The normalized spacial score (nSPS) is 46.1. The standard InChI is InChI=1S/C23H36N2O2/c1-21(2,3)25-20(27)17-8-7-15-14-6-9-18-23(5,13-11-19(26)24-18)16(14)10-12-22(15,17)4/h11,13-18H,6-10,12H2,1-5H3,(H,24,26)(H,25,27)/t14-,15-,16-,17+,18-,22-,23+/m0/s1. The maximum atomic E-state index is 13.0. The Labute approximate surface area is 163 Å². The number of hydrogen-bond donors (Lipinski definition) is 2. The SMILES string of the molecule is CC(C)(C)NC(=O)[C@H]1CC[C@H]2[C@@H]3CC[C@@H]4NC(=O)C=C[C@]4(C)[C@H]3CC[C@]12C. The van der Waals surface area contributed by atoms with Crippen LogP contribution in [0.15, 0.2) is 12.2 Å². The topological polar surface area (TPSA) is 58.2 Å². The lowest BCUT2D eigenvalue weighted by atomic mass is 9.48. The molecule has 0 saturated heterocycles. The average Bonchev–Trinajstić information content (AvgIpc) is 2.91. The van der Waals surface area contributed by atoms with Crippen molar-refractivity contribution in [3.05, 3.63) is 12.2 Å². The summed E-state index contributed by atoms with van der Waals surface area (Å²) in [6.07, 6.45) is 10.7. The minimum atomic E-state index is -0.167. The molecule has 0 unspecified atom stereocenters. The van der Waals surface area contributed by atoms with Gasteiger partial charge in [-0.1, -0.05) is 19.9 Å². The van der Waals surface area contributed by atoms with Crippen LogP contribution >= 0.6 is 0 Å². The summed E-state index contributed by atoms with van der Waals surface area (Å²) in [6, 6.07) is 0.280. The Kier molecular flexibility index (Phi) is 4.29. The molecule has 150 valence electrons. The van der Waals surface area contributed by atoms with E-state index in [4.69, 9.17) is 0 Å². The van der Waals surface area contributed by atoms with Crippen molar-refractivity contribution >= 4 is 11.8 Å². The molecule has 4 heteroatoms. The van der Waals surface area contributed by atoms with E-state index < -0.39 is 0 Å². The van der Waals surface area contributed by atoms with Crippen molar-refractivity contribution in [1.82, 2.24) is 10.6 Å². The molecule has 1 heterocycles. The molecule has 3 saturated carbocycles. The van der Waals surface area contributed by atoms with E-state index in [2.05, 4.69) is 51.3 Å². The van der Waals surface area contributed by atoms with Crippen LogP contribution in [0.4, 0.5) is 0 Å². The first-order valence-electron chi connectivity index (χ1n) is 10.9. The highest BCUT2D eigenvalue weighted by Crippen LogP contribution is 2.65. The third-order valence-corrected chi connectivity index (χ3v) is 8.50. The number of carbonyl (C=O) groups excluding carboxylic acids is 2. The van der Waals surface area contributed by atoms with Crippen LogP contribution in [0, 0.1) is 34.5 Å². The predicted molar refractivity (Wildman–Crippen MR) is 107 cm³/mol. The van der Waals surface area contributed by atoms with Crippen LogP contribution in [0.5, 0.6) is 0 Å². The van der Waals surface area contributed by atoms with Crippen LogP contribution in [0.1, 0.15) is 73.1 Å². The van der Waals surface area contributed by atoms with E-state index in [1.165, 1.54) is 19.3 Å². The van der Waals surface area contributed by atoms with E-state index in [-0.39, 0.29) is 40.1 Å². The largest absolute Gasteiger partial charge is 0.351 e. The second-order valence-corrected chi connectivity index (χ2v) is 11.1. The van der Waals surface area contributed by atoms with Gasteiger partial charge in [-0.15, -0.1) is 0 Å². The van der Waals surface area contributed by atoms with Gasteiger partial charge in [0.25, 0.3) is 0 Å². The summed E-state index contributed by atoms with van der Waals surface area (Å²) in [5, 5.41) is 6.48. The first-order chi connectivity index (χ1) is 12.5. The maximum absolute atomic E-state index is 13.0. The molecule has 4 rings (SSSR count). The molecular weight excluding hydrogens is 336 g/mol. The highest BCUT2D eigenvalue weighted by Gasteiger charge is 2.60. The lowest BCUT2D eigenvalue weighted by Gasteiger charge is -2.58. The second-order valence-electron chi connectivity index (χ2n) is 11.1. The summed E-state index contributed by atoms with van der Waals surface area (Å²) in [5.41, 5.74) is 0.0323. The summed E-state index contributed by atoms with van der Waals surface area (Å²) in [5.74, 6) is 2.41. The lowest BCUT2D eigenvalue weighted by molar-refractivity contribution is -0.135. The summed E-state index contributed by atoms with van der Waals surface area (Å²) in [4.78, 5) is 24.9. The zero-order chi connectivity index (χ0) is 19.6. The first-order valence-corrected chi connectivity index (χ1v) is 10.9. The molecular formula is C23H36N2O2. The molecule has 2 amide bonds. The van der Waals surface area contributed by atoms with E-state index >= 15 is 0 Å². The summed E-state index contributed by atoms with van der Waals surface area (Å²) < 4.78 is 0. The molecule has 4 nitrogen and oxygen atoms in total. The van der Waals surface area contributed by atoms with Gasteiger partial charge >= 0.3 is 0 Å². The Balaban J connectivity index is 1.58. The van der Waals surface area contributed by atoms with Crippen LogP contribution in [0.25, 0.3) is 0 Å². The van der Waals surface area contributed by atoms with Crippen molar-refractivity contribution in [2.75, 3.05) is 0 Å². The van der Waals surface area contributed by atoms with E-state index in [1.807, 2.05) is 0 Å². The maximum Gasteiger partial charge on any atom is 0.243 e. The van der Waals surface area contributed by atoms with Gasteiger partial charge in [-0.3, -0.25) is 9.59 Å². The number of carbonyl (C=O) groups is 2. The van der Waals surface area contributed by atoms with Gasteiger partial charge in [0.1, 0.15) is 0 Å². The van der Waals surface area contributed by atoms with Crippen molar-refractivity contribution in [3.63, 3.8) is 0 Å². The van der Waals surface area contributed by atoms with Crippen molar-refractivity contribution < 1.29 is 9.59 Å². The Morgan fingerprint density at radius 1 is 1.11 bits per heavy atom. The fraction of sp³-hybridized carbons (Fsp3) is 0.826. The third kappa shape index (κ3) is 2.94. The van der Waals surface area contributed by atoms with Gasteiger partial charge in [-0.2, -0.15) is 0 Å². The highest BCUT2D eigenvalue weighted by molar-refractivity contribution is 5.89. The van der Waals surface area contributed by atoms with Crippen LogP contribution in [-0.4, -0.2) is 23.4 Å². The van der Waals surface area contributed by atoms with Gasteiger partial charge in [-0.25, -0.2) is 0 Å². The van der Waals surface area contributed by atoms with E-state index in [0.29, 0.717) is 17.8 Å². The van der Waals surface area contributed by atoms with Crippen molar-refractivity contribution in [3.8, 4) is 0 Å². The number of hydrogen-bond acceptors (Lipinski definition) is 2. The number of amides is 2. The highest BCUT2D eigenvalue weighted by atomic mass is 16.2. The molecule has 0 aromatic heterocycles. The average molecular weight is 373 g/mol. The van der Waals surface area contributed by atoms with Gasteiger partial charge in [-0.05, 0) is 88.5 Å². The molecule has 0 bridgehead atoms. The smallest absolute Gasteiger partial charge is 0.243 e. The number of rotatable bonds is 1. The fourth-order valence-electron chi connectivity index (χ4n) is 7.22. The molecule has 3 aliphatic carbocycles. The fourth-order valence-corrected chi connectivity index (χ4v) is 7.22. The lowest BCUT2D eigenvalue weighted by Crippen LogP contribution is -2.59. The van der Waals surface area contributed by atoms with Gasteiger partial charge in [0.15, 0.2) is 0 Å². The molecule has 4 aliphatic rings. The number of fused-ring (bicyclic) bond motifs is 5. The van der Waals surface area contributed by atoms with Gasteiger partial charge in [0, 0.05) is 22.9 Å². The van der Waals surface area contributed by atoms with Gasteiger partial charge in [0.2, 0.25) is 11.8 Å². The quantitative estimate of drug-likeness (QED) is 0.735. The molecule has 0 aromatic carbocycles. The summed E-state index contributed by atoms with van der Waals surface area (Å²) in [7, 11) is 0. The molecule has 0 aromatic rings. The summed E-state index contributed by atoms with van der Waals surface area (Å²) in [6.45, 7) is 11.0. The minimum absolute atomic E-state index is 0.0661. The third-order valence-electron chi connectivity index (χ3n) is 8.50. The molecule has 27 heavy (non-hydrogen) atoms. The molecule has 2 N–H and O–H groups in total. The predicted octanol–water partition coefficient (Wildman–Crippen LogP) is 3.81. The molecule has 0 radical (unpaired) electrons. The van der Waals surface area contributed by atoms with E-state index in [9.17, 15) is 9.59 Å². The van der Waals surface area contributed by atoms with Gasteiger partial charge < -0.3 is 10.6 Å². The first kappa shape index (κ1) is 19.0. The Morgan fingerprint density at radius 2 is 1.85 bits per heavy atom. The Morgan fingerprint density at radius 3 is 2.56 bits per heavy atom. The molecule has 1 aliphatic heterocycles. The van der Waals surface area contributed by atoms with Gasteiger partial charge in [0.05, 0.1) is 0 Å². The van der Waals surface area contributed by atoms with Crippen LogP contribution in [0.3, 0.4) is 0 Å². The monoisotopic (exact) mass is 372 g/mol. The summed E-state index contributed by atoms with van der Waals surface area (Å²) >= 11 is 0. The Hall–Kier alpha value is -1.32. The Bertz CT molecular complexity index is 678. The van der Waals surface area contributed by atoms with Crippen LogP contribution < -0.4 is 10.6 Å². The van der Waals surface area contributed by atoms with E-state index in [1.54, 1.807) is 6.08 Å². The molecule has 0 spiro atoms.